The van der Waals surface area contributed by atoms with E-state index in [-0.39, 0.29) is 5.92 Å². The molecule has 1 aromatic heterocycles. The van der Waals surface area contributed by atoms with Gasteiger partial charge in [-0.15, -0.1) is 0 Å². The van der Waals surface area contributed by atoms with Gasteiger partial charge in [-0.2, -0.15) is 0 Å². The molecule has 3 rings (SSSR count). The molecular formula is C14H21N3O3. The largest absolute Gasteiger partial charge is 0.481 e. The minimum Gasteiger partial charge on any atom is -0.481 e. The number of hydrogen-bond donors (Lipinski definition) is 1. The van der Waals surface area contributed by atoms with Gasteiger partial charge in [0, 0.05) is 45.2 Å². The van der Waals surface area contributed by atoms with Crippen LogP contribution in [0, 0.1) is 5.92 Å². The lowest BCUT2D eigenvalue weighted by Crippen LogP contribution is -2.37. The van der Waals surface area contributed by atoms with Crippen LogP contribution in [0.4, 0.5) is 0 Å². The highest BCUT2D eigenvalue weighted by Crippen LogP contribution is 2.20. The smallest absolute Gasteiger partial charge is 0.308 e. The van der Waals surface area contributed by atoms with Crippen LogP contribution in [0.15, 0.2) is 6.20 Å². The van der Waals surface area contributed by atoms with Crippen molar-refractivity contribution in [3.63, 3.8) is 0 Å². The van der Waals surface area contributed by atoms with Crippen LogP contribution in [-0.4, -0.2) is 58.4 Å². The summed E-state index contributed by atoms with van der Waals surface area (Å²) in [6, 6.07) is 0. The minimum atomic E-state index is -0.695. The number of aliphatic carboxylic acids is 1. The van der Waals surface area contributed by atoms with Crippen LogP contribution in [0.1, 0.15) is 17.9 Å². The Morgan fingerprint density at radius 3 is 3.00 bits per heavy atom. The average Bonchev–Trinajstić information content (AvgIpc) is 2.88. The molecular weight excluding hydrogens is 258 g/mol. The van der Waals surface area contributed by atoms with E-state index < -0.39 is 5.97 Å². The number of morpholine rings is 1. The standard InChI is InChI=1S/C14H21N3O3/c18-14(19)11-1-2-13-15-12(10-17(13)9-11)3-4-16-5-7-20-8-6-16/h10-11H,1-9H2,(H,18,19). The van der Waals surface area contributed by atoms with E-state index in [1.165, 1.54) is 0 Å². The number of ether oxygens (including phenoxy) is 1. The highest BCUT2D eigenvalue weighted by atomic mass is 16.5. The number of hydrogen-bond acceptors (Lipinski definition) is 4. The van der Waals surface area contributed by atoms with Crippen LogP contribution in [-0.2, 0) is 28.9 Å². The van der Waals surface area contributed by atoms with Crippen LogP contribution in [0.25, 0.3) is 0 Å². The molecule has 0 radical (unpaired) electrons. The number of fused-ring (bicyclic) bond motifs is 1. The summed E-state index contributed by atoms with van der Waals surface area (Å²) in [5.41, 5.74) is 1.08. The fraction of sp³-hybridized carbons (Fsp3) is 0.714. The molecule has 1 atom stereocenters. The maximum atomic E-state index is 11.1. The average molecular weight is 279 g/mol. The summed E-state index contributed by atoms with van der Waals surface area (Å²) in [5, 5.41) is 9.09. The lowest BCUT2D eigenvalue weighted by atomic mass is 10.00. The number of carboxylic acids is 1. The number of rotatable bonds is 4. The Morgan fingerprint density at radius 2 is 2.25 bits per heavy atom. The van der Waals surface area contributed by atoms with Gasteiger partial charge >= 0.3 is 5.97 Å². The maximum absolute atomic E-state index is 11.1. The summed E-state index contributed by atoms with van der Waals surface area (Å²) in [4.78, 5) is 18.1. The van der Waals surface area contributed by atoms with E-state index in [9.17, 15) is 4.79 Å². The van der Waals surface area contributed by atoms with Crippen LogP contribution in [0.2, 0.25) is 0 Å². The molecule has 0 saturated carbocycles. The summed E-state index contributed by atoms with van der Waals surface area (Å²) in [6.07, 6.45) is 4.44. The lowest BCUT2D eigenvalue weighted by molar-refractivity contribution is -0.142. The third kappa shape index (κ3) is 3.02. The molecule has 1 unspecified atom stereocenters. The van der Waals surface area contributed by atoms with Gasteiger partial charge in [0.25, 0.3) is 0 Å². The number of aryl methyl sites for hydroxylation is 1. The molecule has 1 aromatic rings. The van der Waals surface area contributed by atoms with Crippen molar-refractivity contribution >= 4 is 5.97 Å². The Balaban J connectivity index is 1.57. The summed E-state index contributed by atoms with van der Waals surface area (Å²) in [6.45, 7) is 5.20. The summed E-state index contributed by atoms with van der Waals surface area (Å²) >= 11 is 0. The number of carboxylic acid groups (broad SMARTS) is 1. The van der Waals surface area contributed by atoms with E-state index in [1.807, 2.05) is 10.8 Å². The van der Waals surface area contributed by atoms with Gasteiger partial charge in [-0.25, -0.2) is 4.98 Å². The van der Waals surface area contributed by atoms with Gasteiger partial charge < -0.3 is 14.4 Å². The van der Waals surface area contributed by atoms with E-state index in [4.69, 9.17) is 9.84 Å². The monoisotopic (exact) mass is 279 g/mol. The Kier molecular flexibility index (Phi) is 4.03. The zero-order valence-electron chi connectivity index (χ0n) is 11.6. The van der Waals surface area contributed by atoms with Crippen LogP contribution >= 0.6 is 0 Å². The van der Waals surface area contributed by atoms with Gasteiger partial charge in [0.2, 0.25) is 0 Å². The van der Waals surface area contributed by atoms with E-state index in [0.29, 0.717) is 13.0 Å². The van der Waals surface area contributed by atoms with Gasteiger partial charge in [0.1, 0.15) is 5.82 Å². The summed E-state index contributed by atoms with van der Waals surface area (Å²) < 4.78 is 7.36. The molecule has 0 bridgehead atoms. The minimum absolute atomic E-state index is 0.260. The predicted molar refractivity (Wildman–Crippen MR) is 72.6 cm³/mol. The molecule has 0 amide bonds. The van der Waals surface area contributed by atoms with Gasteiger partial charge in [-0.3, -0.25) is 9.69 Å². The molecule has 6 nitrogen and oxygen atoms in total. The molecule has 6 heteroatoms. The number of carbonyl (C=O) groups is 1. The normalized spacial score (nSPS) is 23.5. The van der Waals surface area contributed by atoms with Crippen LogP contribution in [0.3, 0.4) is 0 Å². The molecule has 0 spiro atoms. The molecule has 1 saturated heterocycles. The van der Waals surface area contributed by atoms with Gasteiger partial charge in [-0.1, -0.05) is 0 Å². The van der Waals surface area contributed by atoms with Crippen molar-refractivity contribution < 1.29 is 14.6 Å². The van der Waals surface area contributed by atoms with E-state index in [0.717, 1.165) is 57.2 Å². The predicted octanol–water partition coefficient (Wildman–Crippen LogP) is 0.405. The highest BCUT2D eigenvalue weighted by molar-refractivity contribution is 5.70. The second-order valence-electron chi connectivity index (χ2n) is 5.58. The number of aromatic nitrogens is 2. The topological polar surface area (TPSA) is 67.6 Å². The SMILES string of the molecule is O=C(O)C1CCc2nc(CCN3CCOCC3)cn2C1. The summed E-state index contributed by atoms with van der Waals surface area (Å²) in [5.74, 6) is 0.0856. The highest BCUT2D eigenvalue weighted by Gasteiger charge is 2.25. The molecule has 0 aliphatic carbocycles. The molecule has 110 valence electrons. The van der Waals surface area contributed by atoms with Crippen LogP contribution < -0.4 is 0 Å². The first-order chi connectivity index (χ1) is 9.72. The fourth-order valence-corrected chi connectivity index (χ4v) is 2.92. The Labute approximate surface area is 118 Å². The summed E-state index contributed by atoms with van der Waals surface area (Å²) in [7, 11) is 0. The molecule has 2 aliphatic heterocycles. The number of nitrogens with zero attached hydrogens (tertiary/aromatic N) is 3. The van der Waals surface area contributed by atoms with Crippen molar-refractivity contribution in [1.82, 2.24) is 14.5 Å². The molecule has 1 N–H and O–H groups in total. The fourth-order valence-electron chi connectivity index (χ4n) is 2.92. The maximum Gasteiger partial charge on any atom is 0.308 e. The third-order valence-corrected chi connectivity index (χ3v) is 4.18. The number of imidazole rings is 1. The Morgan fingerprint density at radius 1 is 1.45 bits per heavy atom. The quantitative estimate of drug-likeness (QED) is 0.864. The van der Waals surface area contributed by atoms with Crippen molar-refractivity contribution in [2.45, 2.75) is 25.8 Å². The second-order valence-corrected chi connectivity index (χ2v) is 5.58. The first-order valence-corrected chi connectivity index (χ1v) is 7.30. The first-order valence-electron chi connectivity index (χ1n) is 7.30. The van der Waals surface area contributed by atoms with Crippen molar-refractivity contribution in [3.8, 4) is 0 Å². The van der Waals surface area contributed by atoms with Gasteiger partial charge in [-0.05, 0) is 6.42 Å². The first kappa shape index (κ1) is 13.6. The molecule has 3 heterocycles. The molecule has 20 heavy (non-hydrogen) atoms. The van der Waals surface area contributed by atoms with E-state index in [2.05, 4.69) is 9.88 Å². The van der Waals surface area contributed by atoms with Crippen molar-refractivity contribution in [2.24, 2.45) is 5.92 Å². The van der Waals surface area contributed by atoms with E-state index >= 15 is 0 Å². The molecule has 0 aromatic carbocycles. The van der Waals surface area contributed by atoms with E-state index in [1.54, 1.807) is 0 Å². The zero-order chi connectivity index (χ0) is 13.9. The van der Waals surface area contributed by atoms with Gasteiger partial charge in [0.05, 0.1) is 24.8 Å². The second kappa shape index (κ2) is 5.93. The third-order valence-electron chi connectivity index (χ3n) is 4.18. The van der Waals surface area contributed by atoms with Crippen molar-refractivity contribution in [1.29, 1.82) is 0 Å². The molecule has 2 aliphatic rings. The van der Waals surface area contributed by atoms with Crippen LogP contribution in [0.5, 0.6) is 0 Å². The van der Waals surface area contributed by atoms with Crippen molar-refractivity contribution in [3.05, 3.63) is 17.7 Å². The van der Waals surface area contributed by atoms with Crippen molar-refractivity contribution in [2.75, 3.05) is 32.8 Å². The molecule has 1 fully saturated rings. The lowest BCUT2D eigenvalue weighted by Gasteiger charge is -2.26. The van der Waals surface area contributed by atoms with Gasteiger partial charge in [0.15, 0.2) is 0 Å². The Bertz CT molecular complexity index is 480. The Hall–Kier alpha value is -1.40. The zero-order valence-corrected chi connectivity index (χ0v) is 11.6.